The Kier molecular flexibility index (Phi) is 2.61. The molecule has 2 rings (SSSR count). The number of carboxylic acid groups (broad SMARTS) is 1. The molecule has 5 nitrogen and oxygen atoms in total. The molecule has 1 saturated heterocycles. The SMILES string of the molecule is CC(C)=CC1CC(C(=O)O)C2CN=C(N)N12. The van der Waals surface area contributed by atoms with Crippen molar-refractivity contribution in [3.05, 3.63) is 11.6 Å². The van der Waals surface area contributed by atoms with Gasteiger partial charge in [-0.3, -0.25) is 9.79 Å². The van der Waals surface area contributed by atoms with Crippen LogP contribution in [0.2, 0.25) is 0 Å². The number of nitrogens with zero attached hydrogens (tertiary/aromatic N) is 2. The van der Waals surface area contributed by atoms with Crippen LogP contribution in [-0.4, -0.2) is 40.6 Å². The lowest BCUT2D eigenvalue weighted by Crippen LogP contribution is -2.42. The molecule has 0 aromatic carbocycles. The fourth-order valence-electron chi connectivity index (χ4n) is 2.59. The van der Waals surface area contributed by atoms with Crippen LogP contribution in [0.15, 0.2) is 16.6 Å². The number of fused-ring (bicyclic) bond motifs is 1. The van der Waals surface area contributed by atoms with Gasteiger partial charge in [0.05, 0.1) is 24.5 Å². The fraction of sp³-hybridized carbons (Fsp3) is 0.636. The Morgan fingerprint density at radius 1 is 1.62 bits per heavy atom. The van der Waals surface area contributed by atoms with E-state index >= 15 is 0 Å². The first-order valence-corrected chi connectivity index (χ1v) is 5.47. The summed E-state index contributed by atoms with van der Waals surface area (Å²) in [6, 6.07) is 0.0282. The Labute approximate surface area is 94.6 Å². The first kappa shape index (κ1) is 11.0. The van der Waals surface area contributed by atoms with Crippen molar-refractivity contribution in [2.24, 2.45) is 16.6 Å². The quantitative estimate of drug-likeness (QED) is 0.665. The summed E-state index contributed by atoms with van der Waals surface area (Å²) in [5.41, 5.74) is 6.98. The van der Waals surface area contributed by atoms with Crippen LogP contribution >= 0.6 is 0 Å². The van der Waals surface area contributed by atoms with Gasteiger partial charge in [-0.25, -0.2) is 0 Å². The van der Waals surface area contributed by atoms with Crippen LogP contribution in [-0.2, 0) is 4.79 Å². The molecule has 3 atom stereocenters. The van der Waals surface area contributed by atoms with Gasteiger partial charge in [-0.15, -0.1) is 0 Å². The highest BCUT2D eigenvalue weighted by Gasteiger charge is 2.47. The minimum atomic E-state index is -0.746. The predicted octanol–water partition coefficient (Wildman–Crippen LogP) is 0.425. The number of nitrogens with two attached hydrogens (primary N) is 1. The largest absolute Gasteiger partial charge is 0.481 e. The van der Waals surface area contributed by atoms with E-state index in [9.17, 15) is 4.79 Å². The molecule has 2 heterocycles. The van der Waals surface area contributed by atoms with Crippen molar-refractivity contribution in [1.82, 2.24) is 4.90 Å². The van der Waals surface area contributed by atoms with Crippen LogP contribution in [0.25, 0.3) is 0 Å². The molecule has 3 unspecified atom stereocenters. The van der Waals surface area contributed by atoms with Gasteiger partial charge in [0, 0.05) is 0 Å². The number of aliphatic imine (C=N–C) groups is 1. The summed E-state index contributed by atoms with van der Waals surface area (Å²) >= 11 is 0. The maximum atomic E-state index is 11.1. The standard InChI is InChI=1S/C11H17N3O2/c1-6(2)3-7-4-8(10(15)16)9-5-13-11(12)14(7)9/h3,7-9H,4-5H2,1-2H3,(H2,12,13)(H,15,16). The maximum absolute atomic E-state index is 11.1. The van der Waals surface area contributed by atoms with E-state index in [1.54, 1.807) is 0 Å². The number of hydrogen-bond donors (Lipinski definition) is 2. The fourth-order valence-corrected chi connectivity index (χ4v) is 2.59. The lowest BCUT2D eigenvalue weighted by Gasteiger charge is -2.24. The molecule has 16 heavy (non-hydrogen) atoms. The molecule has 0 spiro atoms. The molecule has 2 aliphatic heterocycles. The third kappa shape index (κ3) is 1.66. The highest BCUT2D eigenvalue weighted by atomic mass is 16.4. The normalized spacial score (nSPS) is 32.2. The van der Waals surface area contributed by atoms with Crippen LogP contribution in [0.1, 0.15) is 20.3 Å². The number of carbonyl (C=O) groups is 1. The van der Waals surface area contributed by atoms with Crippen molar-refractivity contribution in [3.63, 3.8) is 0 Å². The van der Waals surface area contributed by atoms with Gasteiger partial charge in [-0.2, -0.15) is 0 Å². The van der Waals surface area contributed by atoms with Crippen LogP contribution in [0, 0.1) is 5.92 Å². The summed E-state index contributed by atoms with van der Waals surface area (Å²) in [6.07, 6.45) is 2.70. The molecule has 0 aliphatic carbocycles. The van der Waals surface area contributed by atoms with Gasteiger partial charge in [-0.05, 0) is 20.3 Å². The van der Waals surface area contributed by atoms with E-state index in [1.165, 1.54) is 5.57 Å². The minimum absolute atomic E-state index is 0.0573. The van der Waals surface area contributed by atoms with Crippen molar-refractivity contribution in [2.45, 2.75) is 32.4 Å². The summed E-state index contributed by atoms with van der Waals surface area (Å²) in [5, 5.41) is 9.16. The van der Waals surface area contributed by atoms with E-state index in [1.807, 2.05) is 18.7 Å². The first-order valence-electron chi connectivity index (χ1n) is 5.47. The van der Waals surface area contributed by atoms with Crippen molar-refractivity contribution in [3.8, 4) is 0 Å². The first-order chi connectivity index (χ1) is 7.50. The maximum Gasteiger partial charge on any atom is 0.308 e. The summed E-state index contributed by atoms with van der Waals surface area (Å²) < 4.78 is 0. The second-order valence-corrected chi connectivity index (χ2v) is 4.67. The second-order valence-electron chi connectivity index (χ2n) is 4.67. The van der Waals surface area contributed by atoms with Gasteiger partial charge in [0.25, 0.3) is 0 Å². The molecule has 2 aliphatic rings. The van der Waals surface area contributed by atoms with Crippen molar-refractivity contribution >= 4 is 11.9 Å². The monoisotopic (exact) mass is 223 g/mol. The molecule has 88 valence electrons. The Balaban J connectivity index is 2.26. The number of guanidine groups is 1. The van der Waals surface area contributed by atoms with Crippen molar-refractivity contribution in [1.29, 1.82) is 0 Å². The zero-order valence-corrected chi connectivity index (χ0v) is 9.55. The van der Waals surface area contributed by atoms with E-state index in [-0.39, 0.29) is 18.0 Å². The average Bonchev–Trinajstić information content (AvgIpc) is 2.68. The highest BCUT2D eigenvalue weighted by Crippen LogP contribution is 2.34. The Hall–Kier alpha value is -1.52. The smallest absolute Gasteiger partial charge is 0.308 e. The van der Waals surface area contributed by atoms with E-state index in [2.05, 4.69) is 11.1 Å². The van der Waals surface area contributed by atoms with Crippen molar-refractivity contribution < 1.29 is 9.90 Å². The summed E-state index contributed by atoms with van der Waals surface area (Å²) in [6.45, 7) is 4.52. The number of aliphatic carboxylic acids is 1. The van der Waals surface area contributed by atoms with E-state index in [4.69, 9.17) is 10.8 Å². The molecule has 0 radical (unpaired) electrons. The van der Waals surface area contributed by atoms with E-state index < -0.39 is 5.97 Å². The minimum Gasteiger partial charge on any atom is -0.481 e. The van der Waals surface area contributed by atoms with Gasteiger partial charge < -0.3 is 15.7 Å². The van der Waals surface area contributed by atoms with Crippen LogP contribution in [0.3, 0.4) is 0 Å². The zero-order chi connectivity index (χ0) is 11.9. The molecule has 0 saturated carbocycles. The van der Waals surface area contributed by atoms with Crippen LogP contribution in [0.5, 0.6) is 0 Å². The summed E-state index contributed by atoms with van der Waals surface area (Å²) in [5.74, 6) is -0.619. The van der Waals surface area contributed by atoms with Gasteiger partial charge in [0.2, 0.25) is 0 Å². The molecular weight excluding hydrogens is 206 g/mol. The Bertz CT molecular complexity index is 371. The number of carboxylic acids is 1. The third-order valence-corrected chi connectivity index (χ3v) is 3.22. The molecular formula is C11H17N3O2. The van der Waals surface area contributed by atoms with Gasteiger partial charge >= 0.3 is 5.97 Å². The van der Waals surface area contributed by atoms with Gasteiger partial charge in [0.15, 0.2) is 5.96 Å². The number of allylic oxidation sites excluding steroid dienone is 1. The molecule has 5 heteroatoms. The molecule has 0 aromatic heterocycles. The average molecular weight is 223 g/mol. The summed E-state index contributed by atoms with van der Waals surface area (Å²) in [7, 11) is 0. The molecule has 3 N–H and O–H groups in total. The van der Waals surface area contributed by atoms with Gasteiger partial charge in [-0.1, -0.05) is 11.6 Å². The molecule has 0 bridgehead atoms. The van der Waals surface area contributed by atoms with E-state index in [0.717, 1.165) is 0 Å². The zero-order valence-electron chi connectivity index (χ0n) is 9.55. The molecule has 0 amide bonds. The molecule has 0 aromatic rings. The van der Waals surface area contributed by atoms with E-state index in [0.29, 0.717) is 18.9 Å². The van der Waals surface area contributed by atoms with Crippen LogP contribution in [0.4, 0.5) is 0 Å². The third-order valence-electron chi connectivity index (χ3n) is 3.22. The predicted molar refractivity (Wildman–Crippen MR) is 61.1 cm³/mol. The van der Waals surface area contributed by atoms with Crippen molar-refractivity contribution in [2.75, 3.05) is 6.54 Å². The lowest BCUT2D eigenvalue weighted by atomic mass is 9.99. The Morgan fingerprint density at radius 2 is 2.31 bits per heavy atom. The highest BCUT2D eigenvalue weighted by molar-refractivity contribution is 5.83. The number of rotatable bonds is 2. The number of hydrogen-bond acceptors (Lipinski definition) is 4. The van der Waals surface area contributed by atoms with Gasteiger partial charge in [0.1, 0.15) is 0 Å². The van der Waals surface area contributed by atoms with Crippen LogP contribution < -0.4 is 5.73 Å². The lowest BCUT2D eigenvalue weighted by molar-refractivity contribution is -0.142. The second kappa shape index (κ2) is 3.81. The molecule has 1 fully saturated rings. The topological polar surface area (TPSA) is 78.9 Å². The summed E-state index contributed by atoms with van der Waals surface area (Å²) in [4.78, 5) is 17.2. The Morgan fingerprint density at radius 3 is 2.88 bits per heavy atom.